The van der Waals surface area contributed by atoms with Crippen LogP contribution >= 0.6 is 0 Å². The molecule has 0 aliphatic carbocycles. The molecule has 0 unspecified atom stereocenters. The minimum absolute atomic E-state index is 0.275. The monoisotopic (exact) mass is 397 g/mol. The molecule has 0 radical (unpaired) electrons. The standard InChI is InChI=1S/C26H39NO2/c1-2-3-4-5-6-7-8-9-10-11-12-13-22-29-26-20-16-24(17-21-26)27-23-14-18-25(28)19-15-23/h14-21,27-28H,2-13,22H2,1H3. The van der Waals surface area contributed by atoms with Crippen LogP contribution in [-0.2, 0) is 0 Å². The predicted octanol–water partition coefficient (Wildman–Crippen LogP) is 8.22. The smallest absolute Gasteiger partial charge is 0.119 e. The Balaban J connectivity index is 1.46. The summed E-state index contributed by atoms with van der Waals surface area (Å²) < 4.78 is 5.86. The average molecular weight is 398 g/mol. The summed E-state index contributed by atoms with van der Waals surface area (Å²) in [6.07, 6.45) is 16.3. The van der Waals surface area contributed by atoms with Crippen molar-refractivity contribution in [2.45, 2.75) is 84.0 Å². The van der Waals surface area contributed by atoms with Gasteiger partial charge in [-0.05, 0) is 55.0 Å². The van der Waals surface area contributed by atoms with Crippen molar-refractivity contribution in [1.82, 2.24) is 0 Å². The summed E-state index contributed by atoms with van der Waals surface area (Å²) in [6.45, 7) is 3.07. The molecule has 0 aliphatic rings. The Morgan fingerprint density at radius 3 is 1.59 bits per heavy atom. The summed E-state index contributed by atoms with van der Waals surface area (Å²) in [7, 11) is 0. The Hall–Kier alpha value is -2.16. The van der Waals surface area contributed by atoms with Crippen LogP contribution in [-0.4, -0.2) is 11.7 Å². The molecule has 160 valence electrons. The molecule has 0 fully saturated rings. The Morgan fingerprint density at radius 2 is 1.07 bits per heavy atom. The summed E-state index contributed by atoms with van der Waals surface area (Å²) in [5, 5.41) is 12.6. The number of ether oxygens (including phenoxy) is 1. The van der Waals surface area contributed by atoms with Crippen molar-refractivity contribution in [2.75, 3.05) is 11.9 Å². The Kier molecular flexibility index (Phi) is 11.8. The number of nitrogens with one attached hydrogen (secondary N) is 1. The van der Waals surface area contributed by atoms with Gasteiger partial charge in [0.1, 0.15) is 11.5 Å². The highest BCUT2D eigenvalue weighted by Gasteiger charge is 1.98. The molecule has 2 N–H and O–H groups in total. The molecule has 0 amide bonds. The average Bonchev–Trinajstić information content (AvgIpc) is 2.74. The van der Waals surface area contributed by atoms with E-state index in [4.69, 9.17) is 4.74 Å². The van der Waals surface area contributed by atoms with Gasteiger partial charge >= 0.3 is 0 Å². The first-order chi connectivity index (χ1) is 14.3. The van der Waals surface area contributed by atoms with Crippen LogP contribution in [0.4, 0.5) is 11.4 Å². The lowest BCUT2D eigenvalue weighted by atomic mass is 10.1. The molecule has 0 aliphatic heterocycles. The van der Waals surface area contributed by atoms with Gasteiger partial charge in [-0.25, -0.2) is 0 Å². The van der Waals surface area contributed by atoms with Gasteiger partial charge in [0.15, 0.2) is 0 Å². The van der Waals surface area contributed by atoms with E-state index in [0.29, 0.717) is 0 Å². The predicted molar refractivity (Wildman–Crippen MR) is 124 cm³/mol. The topological polar surface area (TPSA) is 41.5 Å². The van der Waals surface area contributed by atoms with Crippen LogP contribution in [0.2, 0.25) is 0 Å². The molecule has 0 saturated carbocycles. The van der Waals surface area contributed by atoms with Crippen molar-refractivity contribution in [3.8, 4) is 11.5 Å². The third-order valence-electron chi connectivity index (χ3n) is 5.28. The van der Waals surface area contributed by atoms with Crippen LogP contribution < -0.4 is 10.1 Å². The first-order valence-corrected chi connectivity index (χ1v) is 11.6. The normalized spacial score (nSPS) is 10.8. The van der Waals surface area contributed by atoms with Crippen LogP contribution in [0.3, 0.4) is 0 Å². The molecular weight excluding hydrogens is 358 g/mol. The van der Waals surface area contributed by atoms with E-state index in [0.717, 1.165) is 30.2 Å². The Bertz CT molecular complexity index is 637. The molecular formula is C26H39NO2. The lowest BCUT2D eigenvalue weighted by Crippen LogP contribution is -1.97. The number of benzene rings is 2. The van der Waals surface area contributed by atoms with Gasteiger partial charge in [0, 0.05) is 11.4 Å². The van der Waals surface area contributed by atoms with Crippen LogP contribution in [0.1, 0.15) is 84.0 Å². The zero-order valence-corrected chi connectivity index (χ0v) is 18.2. The van der Waals surface area contributed by atoms with Crippen LogP contribution in [0.5, 0.6) is 11.5 Å². The number of phenolic OH excluding ortho intramolecular Hbond substituents is 1. The molecule has 3 heteroatoms. The molecule has 0 bridgehead atoms. The summed E-state index contributed by atoms with van der Waals surface area (Å²) >= 11 is 0. The van der Waals surface area contributed by atoms with Crippen molar-refractivity contribution >= 4 is 11.4 Å². The van der Waals surface area contributed by atoms with Gasteiger partial charge < -0.3 is 15.2 Å². The summed E-state index contributed by atoms with van der Waals surface area (Å²) in [6, 6.07) is 15.1. The second kappa shape index (κ2) is 14.8. The molecule has 2 aromatic carbocycles. The van der Waals surface area contributed by atoms with Crippen LogP contribution in [0.25, 0.3) is 0 Å². The molecule has 2 rings (SSSR count). The minimum atomic E-state index is 0.275. The summed E-state index contributed by atoms with van der Waals surface area (Å²) in [5.41, 5.74) is 1.96. The number of unbranched alkanes of at least 4 members (excludes halogenated alkanes) is 11. The van der Waals surface area contributed by atoms with E-state index < -0.39 is 0 Å². The van der Waals surface area contributed by atoms with E-state index in [-0.39, 0.29) is 5.75 Å². The van der Waals surface area contributed by atoms with E-state index in [2.05, 4.69) is 12.2 Å². The molecule has 0 saturated heterocycles. The highest BCUT2D eigenvalue weighted by Crippen LogP contribution is 2.22. The second-order valence-corrected chi connectivity index (χ2v) is 7.93. The van der Waals surface area contributed by atoms with Crippen molar-refractivity contribution in [3.63, 3.8) is 0 Å². The number of phenols is 1. The fourth-order valence-corrected chi connectivity index (χ4v) is 3.48. The molecule has 3 nitrogen and oxygen atoms in total. The van der Waals surface area contributed by atoms with E-state index in [1.807, 2.05) is 36.4 Å². The fraction of sp³-hybridized carbons (Fsp3) is 0.538. The minimum Gasteiger partial charge on any atom is -0.508 e. The number of hydrogen-bond donors (Lipinski definition) is 2. The zero-order chi connectivity index (χ0) is 20.6. The molecule has 2 aromatic rings. The van der Waals surface area contributed by atoms with Gasteiger partial charge in [-0.3, -0.25) is 0 Å². The summed E-state index contributed by atoms with van der Waals surface area (Å²) in [4.78, 5) is 0. The third-order valence-corrected chi connectivity index (χ3v) is 5.28. The maximum Gasteiger partial charge on any atom is 0.119 e. The first kappa shape index (κ1) is 23.1. The van der Waals surface area contributed by atoms with E-state index >= 15 is 0 Å². The SMILES string of the molecule is CCCCCCCCCCCCCCOc1ccc(Nc2ccc(O)cc2)cc1. The number of hydrogen-bond acceptors (Lipinski definition) is 3. The Labute approximate surface area is 177 Å². The third kappa shape index (κ3) is 10.8. The molecule has 29 heavy (non-hydrogen) atoms. The van der Waals surface area contributed by atoms with Crippen LogP contribution in [0, 0.1) is 0 Å². The van der Waals surface area contributed by atoms with Crippen molar-refractivity contribution in [2.24, 2.45) is 0 Å². The van der Waals surface area contributed by atoms with Gasteiger partial charge in [0.05, 0.1) is 6.61 Å². The number of rotatable bonds is 16. The molecule has 0 heterocycles. The quantitative estimate of drug-likeness (QED) is 0.221. The van der Waals surface area contributed by atoms with Gasteiger partial charge in [-0.1, -0.05) is 77.6 Å². The van der Waals surface area contributed by atoms with E-state index in [1.54, 1.807) is 12.1 Å². The maximum absolute atomic E-state index is 9.33. The van der Waals surface area contributed by atoms with Crippen molar-refractivity contribution in [1.29, 1.82) is 0 Å². The van der Waals surface area contributed by atoms with E-state index in [9.17, 15) is 5.11 Å². The van der Waals surface area contributed by atoms with Gasteiger partial charge in [-0.15, -0.1) is 0 Å². The van der Waals surface area contributed by atoms with Gasteiger partial charge in [0.2, 0.25) is 0 Å². The molecule has 0 aromatic heterocycles. The van der Waals surface area contributed by atoms with Gasteiger partial charge in [0.25, 0.3) is 0 Å². The lowest BCUT2D eigenvalue weighted by Gasteiger charge is -2.09. The van der Waals surface area contributed by atoms with Crippen molar-refractivity contribution in [3.05, 3.63) is 48.5 Å². The van der Waals surface area contributed by atoms with Crippen LogP contribution in [0.15, 0.2) is 48.5 Å². The summed E-state index contributed by atoms with van der Waals surface area (Å²) in [5.74, 6) is 1.20. The first-order valence-electron chi connectivity index (χ1n) is 11.6. The zero-order valence-electron chi connectivity index (χ0n) is 18.2. The lowest BCUT2D eigenvalue weighted by molar-refractivity contribution is 0.304. The molecule has 0 spiro atoms. The Morgan fingerprint density at radius 1 is 0.621 bits per heavy atom. The largest absolute Gasteiger partial charge is 0.508 e. The fourth-order valence-electron chi connectivity index (χ4n) is 3.48. The second-order valence-electron chi connectivity index (χ2n) is 7.93. The van der Waals surface area contributed by atoms with Gasteiger partial charge in [-0.2, -0.15) is 0 Å². The maximum atomic E-state index is 9.33. The molecule has 0 atom stereocenters. The number of aromatic hydroxyl groups is 1. The van der Waals surface area contributed by atoms with E-state index in [1.165, 1.54) is 70.6 Å². The highest BCUT2D eigenvalue weighted by molar-refractivity contribution is 5.60. The number of anilines is 2. The highest BCUT2D eigenvalue weighted by atomic mass is 16.5. The van der Waals surface area contributed by atoms with Crippen molar-refractivity contribution < 1.29 is 9.84 Å².